The van der Waals surface area contributed by atoms with Crippen molar-refractivity contribution < 1.29 is 24.1 Å². The van der Waals surface area contributed by atoms with Crippen LogP contribution >= 0.6 is 0 Å². The van der Waals surface area contributed by atoms with E-state index in [-0.39, 0.29) is 36.8 Å². The molecule has 2 aromatic rings. The van der Waals surface area contributed by atoms with Crippen LogP contribution in [-0.2, 0) is 17.8 Å². The van der Waals surface area contributed by atoms with Gasteiger partial charge in [0.15, 0.2) is 0 Å². The summed E-state index contributed by atoms with van der Waals surface area (Å²) in [6.07, 6.45) is -0.933. The maximum Gasteiger partial charge on any atom is 0.274 e. The Kier molecular flexibility index (Phi) is 5.96. The molecule has 1 aliphatic rings. The number of aromatic nitrogens is 2. The van der Waals surface area contributed by atoms with Gasteiger partial charge < -0.3 is 24.2 Å². The highest BCUT2D eigenvalue weighted by Crippen LogP contribution is 2.39. The van der Waals surface area contributed by atoms with Gasteiger partial charge in [-0.2, -0.15) is 5.10 Å². The van der Waals surface area contributed by atoms with Gasteiger partial charge in [-0.1, -0.05) is 0 Å². The highest BCUT2D eigenvalue weighted by molar-refractivity contribution is 5.92. The van der Waals surface area contributed by atoms with E-state index >= 15 is 0 Å². The Morgan fingerprint density at radius 3 is 2.57 bits per heavy atom. The number of nitrogens with zero attached hydrogens (tertiary/aromatic N) is 3. The fourth-order valence-electron chi connectivity index (χ4n) is 3.29. The number of ether oxygens (including phenoxy) is 3. The Bertz CT molecular complexity index is 926. The van der Waals surface area contributed by atoms with Crippen LogP contribution in [0.1, 0.15) is 27.7 Å². The van der Waals surface area contributed by atoms with Crippen LogP contribution in [0.25, 0.3) is 0 Å². The van der Waals surface area contributed by atoms with Crippen LogP contribution in [0.2, 0.25) is 0 Å². The number of benzene rings is 1. The second-order valence-corrected chi connectivity index (χ2v) is 6.34. The van der Waals surface area contributed by atoms with Crippen LogP contribution in [0.15, 0.2) is 29.1 Å². The third kappa shape index (κ3) is 3.71. The lowest BCUT2D eigenvalue weighted by Crippen LogP contribution is -2.40. The minimum atomic E-state index is -0.933. The van der Waals surface area contributed by atoms with Crippen molar-refractivity contribution in [3.63, 3.8) is 0 Å². The van der Waals surface area contributed by atoms with E-state index in [9.17, 15) is 14.7 Å². The molecule has 0 unspecified atom stereocenters. The first-order chi connectivity index (χ1) is 13.5. The van der Waals surface area contributed by atoms with Crippen molar-refractivity contribution in [2.24, 2.45) is 0 Å². The summed E-state index contributed by atoms with van der Waals surface area (Å²) in [5.41, 5.74) is 1.10. The monoisotopic (exact) mass is 389 g/mol. The summed E-state index contributed by atoms with van der Waals surface area (Å²) in [5, 5.41) is 14.8. The van der Waals surface area contributed by atoms with E-state index < -0.39 is 6.10 Å². The highest BCUT2D eigenvalue weighted by atomic mass is 16.5. The molecular formula is C19H23N3O6. The number of aliphatic hydroxyl groups is 1. The molecule has 3 rings (SSSR count). The predicted octanol–water partition coefficient (Wildman–Crippen LogP) is 0.596. The average Bonchev–Trinajstić information content (AvgIpc) is 2.71. The Balaban J connectivity index is 1.92. The molecule has 9 heteroatoms. The van der Waals surface area contributed by atoms with Crippen molar-refractivity contribution in [2.75, 3.05) is 34.5 Å². The van der Waals surface area contributed by atoms with Gasteiger partial charge in [-0.05, 0) is 18.2 Å². The van der Waals surface area contributed by atoms with Crippen molar-refractivity contribution in [3.05, 3.63) is 51.4 Å². The Morgan fingerprint density at radius 1 is 1.18 bits per heavy atom. The number of aliphatic hydroxyl groups excluding tert-OH is 1. The molecule has 1 aliphatic heterocycles. The molecule has 9 nitrogen and oxygen atoms in total. The molecule has 0 fully saturated rings. The van der Waals surface area contributed by atoms with Gasteiger partial charge in [-0.15, -0.1) is 0 Å². The van der Waals surface area contributed by atoms with Crippen molar-refractivity contribution >= 4 is 5.91 Å². The van der Waals surface area contributed by atoms with Crippen molar-refractivity contribution in [3.8, 4) is 11.5 Å². The second-order valence-electron chi connectivity index (χ2n) is 6.34. The lowest BCUT2D eigenvalue weighted by Gasteiger charge is -2.33. The predicted molar refractivity (Wildman–Crippen MR) is 99.6 cm³/mol. The summed E-state index contributed by atoms with van der Waals surface area (Å²) >= 11 is 0. The molecule has 1 aromatic carbocycles. The Hall–Kier alpha value is -2.91. The van der Waals surface area contributed by atoms with Gasteiger partial charge in [-0.25, -0.2) is 4.68 Å². The highest BCUT2D eigenvalue weighted by Gasteiger charge is 2.32. The topological polar surface area (TPSA) is 103 Å². The molecule has 28 heavy (non-hydrogen) atoms. The van der Waals surface area contributed by atoms with Gasteiger partial charge in [0.05, 0.1) is 40.5 Å². The van der Waals surface area contributed by atoms with Crippen molar-refractivity contribution in [1.29, 1.82) is 0 Å². The quantitative estimate of drug-likeness (QED) is 0.771. The Morgan fingerprint density at radius 2 is 1.89 bits per heavy atom. The molecule has 150 valence electrons. The number of hydrogen-bond acceptors (Lipinski definition) is 7. The summed E-state index contributed by atoms with van der Waals surface area (Å²) in [5.74, 6) is 0.716. The fourth-order valence-corrected chi connectivity index (χ4v) is 3.29. The van der Waals surface area contributed by atoms with Crippen LogP contribution in [0.3, 0.4) is 0 Å². The molecule has 1 N–H and O–H groups in total. The molecule has 0 radical (unpaired) electrons. The second kappa shape index (κ2) is 8.41. The van der Waals surface area contributed by atoms with Crippen molar-refractivity contribution in [2.45, 2.75) is 19.2 Å². The van der Waals surface area contributed by atoms with Crippen molar-refractivity contribution in [1.82, 2.24) is 14.7 Å². The molecule has 1 aromatic heterocycles. The number of amides is 1. The first-order valence-electron chi connectivity index (χ1n) is 8.78. The van der Waals surface area contributed by atoms with Gasteiger partial charge in [0.2, 0.25) is 0 Å². The normalized spacial score (nSPS) is 15.9. The van der Waals surface area contributed by atoms with Crippen LogP contribution in [0.4, 0.5) is 0 Å². The van der Waals surface area contributed by atoms with Gasteiger partial charge >= 0.3 is 0 Å². The smallest absolute Gasteiger partial charge is 0.274 e. The zero-order valence-corrected chi connectivity index (χ0v) is 16.0. The van der Waals surface area contributed by atoms with E-state index in [4.69, 9.17) is 14.2 Å². The number of methoxy groups -OCH3 is 3. The fraction of sp³-hybridized carbons (Fsp3) is 0.421. The summed E-state index contributed by atoms with van der Waals surface area (Å²) in [6, 6.07) is 6.15. The van der Waals surface area contributed by atoms with Gasteiger partial charge in [-0.3, -0.25) is 9.59 Å². The molecule has 0 saturated carbocycles. The lowest BCUT2D eigenvalue weighted by atomic mass is 9.95. The lowest BCUT2D eigenvalue weighted by molar-refractivity contribution is 0.0530. The molecule has 2 heterocycles. The maximum atomic E-state index is 13.0. The largest absolute Gasteiger partial charge is 0.496 e. The van der Waals surface area contributed by atoms with E-state index in [0.717, 1.165) is 0 Å². The molecular weight excluding hydrogens is 366 g/mol. The Labute approximate surface area is 162 Å². The number of carbonyl (C=O) groups excluding carboxylic acids is 1. The summed E-state index contributed by atoms with van der Waals surface area (Å²) in [6.45, 7) is 0.850. The van der Waals surface area contributed by atoms with E-state index in [1.807, 2.05) is 0 Å². The van der Waals surface area contributed by atoms with Crippen LogP contribution in [0, 0.1) is 0 Å². The van der Waals surface area contributed by atoms with E-state index in [1.165, 1.54) is 43.0 Å². The third-order valence-corrected chi connectivity index (χ3v) is 4.67. The summed E-state index contributed by atoms with van der Waals surface area (Å²) in [4.78, 5) is 26.4. The molecule has 0 saturated heterocycles. The number of fused-ring (bicyclic) bond motifs is 1. The van der Waals surface area contributed by atoms with Crippen LogP contribution < -0.4 is 15.0 Å². The maximum absolute atomic E-state index is 13.0. The summed E-state index contributed by atoms with van der Waals surface area (Å²) in [7, 11) is 4.58. The van der Waals surface area contributed by atoms with E-state index in [0.29, 0.717) is 29.2 Å². The van der Waals surface area contributed by atoms with Gasteiger partial charge in [0.25, 0.3) is 11.5 Å². The molecule has 0 bridgehead atoms. The number of rotatable bonds is 6. The zero-order valence-electron chi connectivity index (χ0n) is 16.0. The van der Waals surface area contributed by atoms with Crippen LogP contribution in [0.5, 0.6) is 11.5 Å². The number of β-amino-alcohol motifs (C(OH)–C–C–N with tert-alkyl or cyclic N) is 1. The summed E-state index contributed by atoms with van der Waals surface area (Å²) < 4.78 is 16.9. The minimum Gasteiger partial charge on any atom is -0.496 e. The zero-order chi connectivity index (χ0) is 20.3. The minimum absolute atomic E-state index is 0.0776. The first-order valence-corrected chi connectivity index (χ1v) is 8.78. The standard InChI is InChI=1S/C19H23N3O6/c1-26-9-8-22-17(24)7-4-13(20-22)19(25)21-10-12-15(27-2)5-6-16(28-3)18(12)14(23)11-21/h4-7,14,23H,8-11H2,1-3H3/t14-/m0/s1. The SMILES string of the molecule is COCCn1nc(C(=O)N2Cc3c(OC)ccc(OC)c3[C@@H](O)C2)ccc1=O. The van der Waals surface area contributed by atoms with Crippen LogP contribution in [-0.4, -0.2) is 60.2 Å². The molecule has 0 aliphatic carbocycles. The molecule has 0 spiro atoms. The number of carbonyl (C=O) groups is 1. The molecule has 1 amide bonds. The van der Waals surface area contributed by atoms with Gasteiger partial charge in [0, 0.05) is 24.3 Å². The average molecular weight is 389 g/mol. The van der Waals surface area contributed by atoms with Gasteiger partial charge in [0.1, 0.15) is 23.3 Å². The molecule has 1 atom stereocenters. The van der Waals surface area contributed by atoms with E-state index in [2.05, 4.69) is 5.10 Å². The first kappa shape index (κ1) is 19.8. The third-order valence-electron chi connectivity index (χ3n) is 4.67. The number of hydrogen-bond donors (Lipinski definition) is 1. The van der Waals surface area contributed by atoms with E-state index in [1.54, 1.807) is 12.1 Å².